The minimum Gasteiger partial charge on any atom is -0.336 e. The minimum atomic E-state index is 0.127. The second-order valence-electron chi connectivity index (χ2n) is 6.24. The Morgan fingerprint density at radius 3 is 2.68 bits per heavy atom. The molecule has 1 aromatic carbocycles. The third-order valence-corrected chi connectivity index (χ3v) is 4.44. The third-order valence-electron chi connectivity index (χ3n) is 4.44. The lowest BCUT2D eigenvalue weighted by Gasteiger charge is -2.16. The number of imidazole rings is 1. The Balaban J connectivity index is 1.58. The number of hydrogen-bond donors (Lipinski definition) is 0. The summed E-state index contributed by atoms with van der Waals surface area (Å²) in [5.41, 5.74) is 2.67. The van der Waals surface area contributed by atoms with Gasteiger partial charge in [-0.25, -0.2) is 14.6 Å². The summed E-state index contributed by atoms with van der Waals surface area (Å²) in [6, 6.07) is 8.61. The number of benzene rings is 1. The van der Waals surface area contributed by atoms with Crippen LogP contribution in [-0.4, -0.2) is 24.3 Å². The van der Waals surface area contributed by atoms with Gasteiger partial charge in [-0.05, 0) is 25.3 Å². The zero-order chi connectivity index (χ0) is 15.0. The average Bonchev–Trinajstić information content (AvgIpc) is 2.91. The Labute approximate surface area is 129 Å². The van der Waals surface area contributed by atoms with Crippen LogP contribution in [0.4, 0.5) is 0 Å². The molecule has 1 saturated carbocycles. The summed E-state index contributed by atoms with van der Waals surface area (Å²) in [6.07, 6.45) is 9.72. The van der Waals surface area contributed by atoms with Gasteiger partial charge in [-0.3, -0.25) is 0 Å². The van der Waals surface area contributed by atoms with Crippen LogP contribution < -0.4 is 0 Å². The summed E-state index contributed by atoms with van der Waals surface area (Å²) in [6.45, 7) is 3.82. The third kappa shape index (κ3) is 2.43. The fourth-order valence-corrected chi connectivity index (χ4v) is 2.99. The van der Waals surface area contributed by atoms with Gasteiger partial charge in [-0.2, -0.15) is 5.10 Å². The van der Waals surface area contributed by atoms with Crippen LogP contribution in [0.1, 0.15) is 29.8 Å². The van der Waals surface area contributed by atoms with Crippen LogP contribution in [0.25, 0.3) is 0 Å². The highest BCUT2D eigenvalue weighted by Crippen LogP contribution is 2.48. The number of aromatic nitrogens is 5. The van der Waals surface area contributed by atoms with Gasteiger partial charge in [-0.1, -0.05) is 29.8 Å². The molecule has 112 valence electrons. The van der Waals surface area contributed by atoms with E-state index in [1.807, 2.05) is 18.7 Å². The highest BCUT2D eigenvalue weighted by molar-refractivity contribution is 5.23. The molecule has 22 heavy (non-hydrogen) atoms. The van der Waals surface area contributed by atoms with Crippen molar-refractivity contribution in [3.8, 4) is 0 Å². The molecule has 0 unspecified atom stereocenters. The summed E-state index contributed by atoms with van der Waals surface area (Å²) < 4.78 is 4.19. The van der Waals surface area contributed by atoms with E-state index in [9.17, 15) is 0 Å². The molecular weight excluding hydrogens is 274 g/mol. The molecule has 2 aromatic heterocycles. The first kappa shape index (κ1) is 13.2. The topological polar surface area (TPSA) is 48.5 Å². The quantitative estimate of drug-likeness (QED) is 0.726. The van der Waals surface area contributed by atoms with Gasteiger partial charge in [0.1, 0.15) is 12.2 Å². The van der Waals surface area contributed by atoms with Crippen LogP contribution in [0, 0.1) is 6.92 Å². The zero-order valence-electron chi connectivity index (χ0n) is 12.7. The van der Waals surface area contributed by atoms with Crippen LogP contribution in [0.2, 0.25) is 0 Å². The molecule has 0 spiro atoms. The molecule has 0 saturated heterocycles. The molecule has 2 heterocycles. The molecule has 0 radical (unpaired) electrons. The number of nitrogens with zero attached hydrogens (tertiary/aromatic N) is 5. The van der Waals surface area contributed by atoms with Crippen LogP contribution in [0.3, 0.4) is 0 Å². The highest BCUT2D eigenvalue weighted by Gasteiger charge is 2.48. The van der Waals surface area contributed by atoms with Crippen molar-refractivity contribution in [2.45, 2.75) is 38.3 Å². The monoisotopic (exact) mass is 293 g/mol. The fourth-order valence-electron chi connectivity index (χ4n) is 2.99. The van der Waals surface area contributed by atoms with E-state index in [0.29, 0.717) is 0 Å². The lowest BCUT2D eigenvalue weighted by molar-refractivity contribution is 0.483. The van der Waals surface area contributed by atoms with Crippen molar-refractivity contribution in [3.63, 3.8) is 0 Å². The maximum absolute atomic E-state index is 4.56. The van der Waals surface area contributed by atoms with E-state index in [4.69, 9.17) is 0 Å². The smallest absolute Gasteiger partial charge is 0.138 e. The molecule has 1 aliphatic carbocycles. The summed E-state index contributed by atoms with van der Waals surface area (Å²) >= 11 is 0. The minimum absolute atomic E-state index is 0.127. The Morgan fingerprint density at radius 2 is 2.00 bits per heavy atom. The Bertz CT molecular complexity index is 751. The maximum atomic E-state index is 4.56. The predicted molar refractivity (Wildman–Crippen MR) is 83.4 cm³/mol. The largest absolute Gasteiger partial charge is 0.336 e. The van der Waals surface area contributed by atoms with Gasteiger partial charge in [0, 0.05) is 24.4 Å². The average molecular weight is 293 g/mol. The molecule has 0 bridgehead atoms. The van der Waals surface area contributed by atoms with E-state index in [1.165, 1.54) is 11.1 Å². The van der Waals surface area contributed by atoms with Crippen molar-refractivity contribution >= 4 is 0 Å². The summed E-state index contributed by atoms with van der Waals surface area (Å²) in [7, 11) is 0. The van der Waals surface area contributed by atoms with Gasteiger partial charge >= 0.3 is 0 Å². The van der Waals surface area contributed by atoms with Crippen molar-refractivity contribution < 1.29 is 0 Å². The molecule has 1 fully saturated rings. The second-order valence-corrected chi connectivity index (χ2v) is 6.24. The molecule has 1 aliphatic rings. The van der Waals surface area contributed by atoms with Gasteiger partial charge in [0.2, 0.25) is 0 Å². The molecule has 0 N–H and O–H groups in total. The maximum Gasteiger partial charge on any atom is 0.138 e. The highest BCUT2D eigenvalue weighted by atomic mass is 15.3. The van der Waals surface area contributed by atoms with Crippen molar-refractivity contribution in [1.82, 2.24) is 24.3 Å². The standard InChI is InChI=1S/C17H19N5/c1-14-2-4-15(5-3-14)10-22-16(19-12-20-22)17(6-7-17)11-21-9-8-18-13-21/h2-5,8-9,12-13H,6-7,10-11H2,1H3. The molecule has 0 amide bonds. The number of rotatable bonds is 5. The Morgan fingerprint density at radius 1 is 1.18 bits per heavy atom. The Hall–Kier alpha value is -2.43. The first-order chi connectivity index (χ1) is 10.8. The van der Waals surface area contributed by atoms with E-state index >= 15 is 0 Å². The molecule has 4 rings (SSSR count). The number of hydrogen-bond acceptors (Lipinski definition) is 3. The van der Waals surface area contributed by atoms with Crippen molar-refractivity contribution in [1.29, 1.82) is 0 Å². The van der Waals surface area contributed by atoms with E-state index in [2.05, 4.69) is 55.5 Å². The molecule has 5 nitrogen and oxygen atoms in total. The van der Waals surface area contributed by atoms with Gasteiger partial charge in [0.05, 0.1) is 12.9 Å². The molecule has 5 heteroatoms. The van der Waals surface area contributed by atoms with Crippen molar-refractivity contribution in [2.75, 3.05) is 0 Å². The molecule has 3 aromatic rings. The van der Waals surface area contributed by atoms with Crippen molar-refractivity contribution in [2.24, 2.45) is 0 Å². The van der Waals surface area contributed by atoms with Gasteiger partial charge in [0.25, 0.3) is 0 Å². The van der Waals surface area contributed by atoms with E-state index in [1.54, 1.807) is 6.33 Å². The fraction of sp³-hybridized carbons (Fsp3) is 0.353. The van der Waals surface area contributed by atoms with Gasteiger partial charge in [-0.15, -0.1) is 0 Å². The summed E-state index contributed by atoms with van der Waals surface area (Å²) in [5, 5.41) is 4.45. The molecule has 0 atom stereocenters. The lowest BCUT2D eigenvalue weighted by atomic mass is 10.1. The number of aryl methyl sites for hydroxylation is 1. The van der Waals surface area contributed by atoms with Gasteiger partial charge in [0.15, 0.2) is 0 Å². The normalized spacial score (nSPS) is 15.9. The van der Waals surface area contributed by atoms with Crippen LogP contribution in [0.5, 0.6) is 0 Å². The molecular formula is C17H19N5. The van der Waals surface area contributed by atoms with Gasteiger partial charge < -0.3 is 4.57 Å². The first-order valence-electron chi connectivity index (χ1n) is 7.65. The predicted octanol–water partition coefficient (Wildman–Crippen LogP) is 2.56. The van der Waals surface area contributed by atoms with Crippen molar-refractivity contribution in [3.05, 3.63) is 66.3 Å². The van der Waals surface area contributed by atoms with Crippen LogP contribution >= 0.6 is 0 Å². The van der Waals surface area contributed by atoms with E-state index < -0.39 is 0 Å². The van der Waals surface area contributed by atoms with Crippen LogP contribution in [0.15, 0.2) is 49.3 Å². The molecule has 0 aliphatic heterocycles. The summed E-state index contributed by atoms with van der Waals surface area (Å²) in [5.74, 6) is 1.10. The SMILES string of the molecule is Cc1ccc(Cn2ncnc2C2(Cn3ccnc3)CC2)cc1. The summed E-state index contributed by atoms with van der Waals surface area (Å²) in [4.78, 5) is 8.70. The second kappa shape index (κ2) is 5.09. The lowest BCUT2D eigenvalue weighted by Crippen LogP contribution is -2.21. The van der Waals surface area contributed by atoms with E-state index in [-0.39, 0.29) is 5.41 Å². The first-order valence-corrected chi connectivity index (χ1v) is 7.65. The zero-order valence-corrected chi connectivity index (χ0v) is 12.7. The van der Waals surface area contributed by atoms with E-state index in [0.717, 1.165) is 31.8 Å². The Kier molecular flexibility index (Phi) is 3.06. The van der Waals surface area contributed by atoms with Crippen LogP contribution in [-0.2, 0) is 18.5 Å².